The van der Waals surface area contributed by atoms with Crippen molar-refractivity contribution in [1.29, 1.82) is 0 Å². The summed E-state index contributed by atoms with van der Waals surface area (Å²) in [5, 5.41) is 0. The molecule has 2 aromatic carbocycles. The van der Waals surface area contributed by atoms with Crippen LogP contribution in [0, 0.1) is 13.8 Å². The van der Waals surface area contributed by atoms with Crippen molar-refractivity contribution in [2.24, 2.45) is 0 Å². The Morgan fingerprint density at radius 1 is 0.690 bits per heavy atom. The molecule has 0 aliphatic rings. The number of carbonyl (C=O) groups excluding carboxylic acids is 1. The molecule has 2 aromatic heterocycles. The number of ether oxygens (including phenoxy) is 1. The van der Waals surface area contributed by atoms with E-state index in [1.165, 1.54) is 5.56 Å². The SMILES string of the molecule is Cc1ccc(-c2cc(-c3ccc(OC=O)cc3)cc(-c3ccc(C)cn3)n2)cc1. The minimum Gasteiger partial charge on any atom is -0.429 e. The van der Waals surface area contributed by atoms with Gasteiger partial charge in [0, 0.05) is 11.8 Å². The largest absolute Gasteiger partial charge is 0.429 e. The van der Waals surface area contributed by atoms with E-state index in [-0.39, 0.29) is 0 Å². The second-order valence-electron chi connectivity index (χ2n) is 6.95. The van der Waals surface area contributed by atoms with Gasteiger partial charge in [0.1, 0.15) is 5.75 Å². The molecule has 4 aromatic rings. The first-order valence-electron chi connectivity index (χ1n) is 9.35. The molecule has 0 unspecified atom stereocenters. The molecule has 0 N–H and O–H groups in total. The number of aryl methyl sites for hydroxylation is 2. The first-order valence-corrected chi connectivity index (χ1v) is 9.35. The van der Waals surface area contributed by atoms with Crippen LogP contribution in [0.1, 0.15) is 11.1 Å². The molecule has 0 amide bonds. The van der Waals surface area contributed by atoms with Crippen molar-refractivity contribution in [2.75, 3.05) is 0 Å². The average molecular weight is 380 g/mol. The Labute approximate surface area is 169 Å². The third kappa shape index (κ3) is 4.22. The number of carbonyl (C=O) groups is 1. The highest BCUT2D eigenvalue weighted by molar-refractivity contribution is 5.76. The normalized spacial score (nSPS) is 10.6. The van der Waals surface area contributed by atoms with E-state index in [0.29, 0.717) is 12.2 Å². The van der Waals surface area contributed by atoms with Crippen LogP contribution in [0.25, 0.3) is 33.8 Å². The fraction of sp³-hybridized carbons (Fsp3) is 0.0800. The summed E-state index contributed by atoms with van der Waals surface area (Å²) in [4.78, 5) is 20.0. The minimum absolute atomic E-state index is 0.429. The van der Waals surface area contributed by atoms with Crippen molar-refractivity contribution in [1.82, 2.24) is 9.97 Å². The monoisotopic (exact) mass is 380 g/mol. The maximum atomic E-state index is 10.5. The van der Waals surface area contributed by atoms with Gasteiger partial charge in [-0.3, -0.25) is 9.78 Å². The van der Waals surface area contributed by atoms with Crippen LogP contribution >= 0.6 is 0 Å². The molecule has 0 fully saturated rings. The van der Waals surface area contributed by atoms with Crippen molar-refractivity contribution in [3.8, 4) is 39.5 Å². The van der Waals surface area contributed by atoms with Gasteiger partial charge in [-0.05, 0) is 60.9 Å². The maximum absolute atomic E-state index is 10.5. The van der Waals surface area contributed by atoms with Gasteiger partial charge in [0.2, 0.25) is 0 Å². The summed E-state index contributed by atoms with van der Waals surface area (Å²) in [6.07, 6.45) is 1.85. The van der Waals surface area contributed by atoms with E-state index < -0.39 is 0 Å². The molecule has 29 heavy (non-hydrogen) atoms. The van der Waals surface area contributed by atoms with Gasteiger partial charge in [-0.1, -0.05) is 48.0 Å². The molecular weight excluding hydrogens is 360 g/mol. The van der Waals surface area contributed by atoms with Crippen molar-refractivity contribution in [3.63, 3.8) is 0 Å². The Balaban J connectivity index is 1.84. The van der Waals surface area contributed by atoms with Crippen molar-refractivity contribution in [2.45, 2.75) is 13.8 Å². The van der Waals surface area contributed by atoms with E-state index in [1.807, 2.05) is 43.5 Å². The molecule has 142 valence electrons. The topological polar surface area (TPSA) is 52.1 Å². The molecule has 2 heterocycles. The van der Waals surface area contributed by atoms with Crippen molar-refractivity contribution < 1.29 is 9.53 Å². The van der Waals surface area contributed by atoms with Gasteiger partial charge in [-0.25, -0.2) is 4.98 Å². The predicted octanol–water partition coefficient (Wildman–Crippen LogP) is 5.63. The summed E-state index contributed by atoms with van der Waals surface area (Å²) < 4.78 is 4.90. The van der Waals surface area contributed by atoms with Gasteiger partial charge in [-0.15, -0.1) is 0 Å². The van der Waals surface area contributed by atoms with E-state index in [1.54, 1.807) is 12.1 Å². The summed E-state index contributed by atoms with van der Waals surface area (Å²) in [5.74, 6) is 0.511. The second kappa shape index (κ2) is 8.07. The lowest BCUT2D eigenvalue weighted by Gasteiger charge is -2.10. The Morgan fingerprint density at radius 3 is 2.00 bits per heavy atom. The van der Waals surface area contributed by atoms with Gasteiger partial charge in [0.05, 0.1) is 17.1 Å². The summed E-state index contributed by atoms with van der Waals surface area (Å²) in [5.41, 5.74) is 7.90. The molecule has 4 rings (SSSR count). The Kier molecular flexibility index (Phi) is 5.16. The lowest BCUT2D eigenvalue weighted by Crippen LogP contribution is -1.93. The van der Waals surface area contributed by atoms with Gasteiger partial charge < -0.3 is 4.74 Å². The van der Waals surface area contributed by atoms with Crippen LogP contribution in [0.2, 0.25) is 0 Å². The highest BCUT2D eigenvalue weighted by Gasteiger charge is 2.10. The third-order valence-corrected chi connectivity index (χ3v) is 4.72. The van der Waals surface area contributed by atoms with Crippen LogP contribution in [0.4, 0.5) is 0 Å². The molecule has 0 bridgehead atoms. The molecule has 0 atom stereocenters. The highest BCUT2D eigenvalue weighted by atomic mass is 16.5. The summed E-state index contributed by atoms with van der Waals surface area (Å²) in [6.45, 7) is 4.51. The molecule has 0 saturated carbocycles. The highest BCUT2D eigenvalue weighted by Crippen LogP contribution is 2.30. The quantitative estimate of drug-likeness (QED) is 0.421. The zero-order valence-corrected chi connectivity index (χ0v) is 16.3. The van der Waals surface area contributed by atoms with Gasteiger partial charge in [0.15, 0.2) is 0 Å². The van der Waals surface area contributed by atoms with Crippen LogP contribution in [-0.4, -0.2) is 16.4 Å². The molecule has 0 radical (unpaired) electrons. The van der Waals surface area contributed by atoms with Crippen LogP contribution in [0.5, 0.6) is 5.75 Å². The molecule has 0 aliphatic carbocycles. The van der Waals surface area contributed by atoms with Gasteiger partial charge in [-0.2, -0.15) is 0 Å². The van der Waals surface area contributed by atoms with E-state index in [0.717, 1.165) is 39.3 Å². The zero-order chi connectivity index (χ0) is 20.2. The van der Waals surface area contributed by atoms with E-state index in [2.05, 4.69) is 42.2 Å². The third-order valence-electron chi connectivity index (χ3n) is 4.72. The Bertz CT molecular complexity index is 1070. The van der Waals surface area contributed by atoms with Crippen LogP contribution in [0.3, 0.4) is 0 Å². The average Bonchev–Trinajstić information content (AvgIpc) is 2.75. The maximum Gasteiger partial charge on any atom is 0.298 e. The summed E-state index contributed by atoms with van der Waals surface area (Å²) in [6, 6.07) is 23.9. The van der Waals surface area contributed by atoms with E-state index >= 15 is 0 Å². The molecule has 0 aliphatic heterocycles. The van der Waals surface area contributed by atoms with Gasteiger partial charge >= 0.3 is 0 Å². The van der Waals surface area contributed by atoms with Crippen molar-refractivity contribution >= 4 is 6.47 Å². The summed E-state index contributed by atoms with van der Waals surface area (Å²) in [7, 11) is 0. The number of aromatic nitrogens is 2. The summed E-state index contributed by atoms with van der Waals surface area (Å²) >= 11 is 0. The fourth-order valence-electron chi connectivity index (χ4n) is 3.10. The first kappa shape index (κ1) is 18.6. The molecular formula is C25H20N2O2. The van der Waals surface area contributed by atoms with Gasteiger partial charge in [0.25, 0.3) is 6.47 Å². The van der Waals surface area contributed by atoms with E-state index in [4.69, 9.17) is 9.72 Å². The Hall–Kier alpha value is -3.79. The molecule has 4 nitrogen and oxygen atoms in total. The number of pyridine rings is 2. The van der Waals surface area contributed by atoms with E-state index in [9.17, 15) is 4.79 Å². The first-order chi connectivity index (χ1) is 14.1. The second-order valence-corrected chi connectivity index (χ2v) is 6.95. The number of hydrogen-bond donors (Lipinski definition) is 0. The number of nitrogens with zero attached hydrogens (tertiary/aromatic N) is 2. The minimum atomic E-state index is 0.429. The number of hydrogen-bond acceptors (Lipinski definition) is 4. The van der Waals surface area contributed by atoms with Crippen LogP contribution < -0.4 is 4.74 Å². The molecule has 4 heteroatoms. The predicted molar refractivity (Wildman–Crippen MR) is 115 cm³/mol. The van der Waals surface area contributed by atoms with Crippen molar-refractivity contribution in [3.05, 3.63) is 90.1 Å². The standard InChI is InChI=1S/C25H20N2O2/c1-17-3-6-20(7-4-17)24-13-21(19-8-10-22(11-9-19)29-16-28)14-25(27-24)23-12-5-18(2)15-26-23/h3-16H,1-2H3. The number of benzene rings is 2. The molecule has 0 saturated heterocycles. The smallest absolute Gasteiger partial charge is 0.298 e. The van der Waals surface area contributed by atoms with Crippen LogP contribution in [-0.2, 0) is 4.79 Å². The fourth-order valence-corrected chi connectivity index (χ4v) is 3.10. The number of rotatable bonds is 5. The Morgan fingerprint density at radius 2 is 1.34 bits per heavy atom. The van der Waals surface area contributed by atoms with Crippen LogP contribution in [0.15, 0.2) is 79.0 Å². The lowest BCUT2D eigenvalue weighted by molar-refractivity contribution is -0.120. The molecule has 0 spiro atoms. The lowest BCUT2D eigenvalue weighted by atomic mass is 10.0. The zero-order valence-electron chi connectivity index (χ0n) is 16.3.